The van der Waals surface area contributed by atoms with Crippen LogP contribution in [0.1, 0.15) is 36.8 Å². The second-order valence-corrected chi connectivity index (χ2v) is 6.50. The summed E-state index contributed by atoms with van der Waals surface area (Å²) in [6.45, 7) is 0. The minimum Gasteiger partial charge on any atom is -0.150 e. The molecule has 2 aromatic carbocycles. The third kappa shape index (κ3) is 2.96. The van der Waals surface area contributed by atoms with E-state index in [4.69, 9.17) is 0 Å². The average molecular weight is 314 g/mol. The molecule has 1 aliphatic rings. The maximum absolute atomic E-state index is 4.66. The van der Waals surface area contributed by atoms with Crippen LogP contribution in [0, 0.1) is 0 Å². The lowest BCUT2D eigenvalue weighted by Crippen LogP contribution is -2.08. The second-order valence-electron chi connectivity index (χ2n) is 6.50. The van der Waals surface area contributed by atoms with E-state index < -0.39 is 0 Å². The Kier molecular flexibility index (Phi) is 4.37. The maximum atomic E-state index is 4.66. The van der Waals surface area contributed by atoms with Gasteiger partial charge in [-0.1, -0.05) is 73.5 Å². The van der Waals surface area contributed by atoms with E-state index in [2.05, 4.69) is 70.9 Å². The molecule has 0 saturated heterocycles. The molecular weight excluding hydrogens is 292 g/mol. The fourth-order valence-electron chi connectivity index (χ4n) is 3.66. The highest BCUT2D eigenvalue weighted by Crippen LogP contribution is 2.33. The highest BCUT2D eigenvalue weighted by molar-refractivity contribution is 5.71. The summed E-state index contributed by atoms with van der Waals surface area (Å²) >= 11 is 0. The van der Waals surface area contributed by atoms with Crippen molar-refractivity contribution < 1.29 is 0 Å². The van der Waals surface area contributed by atoms with Gasteiger partial charge in [-0.05, 0) is 36.8 Å². The predicted molar refractivity (Wildman–Crippen MR) is 98.8 cm³/mol. The van der Waals surface area contributed by atoms with Crippen LogP contribution in [0.25, 0.3) is 22.5 Å². The normalized spacial score (nSPS) is 14.5. The third-order valence-electron chi connectivity index (χ3n) is 4.88. The van der Waals surface area contributed by atoms with E-state index in [0.717, 1.165) is 24.2 Å². The summed E-state index contributed by atoms with van der Waals surface area (Å²) in [6.07, 6.45) is 7.33. The van der Waals surface area contributed by atoms with Crippen molar-refractivity contribution in [3.63, 3.8) is 0 Å². The average Bonchev–Trinajstić information content (AvgIpc) is 2.63. The van der Waals surface area contributed by atoms with Gasteiger partial charge >= 0.3 is 0 Å². The van der Waals surface area contributed by atoms with E-state index in [9.17, 15) is 0 Å². The van der Waals surface area contributed by atoms with Crippen molar-refractivity contribution in [1.82, 2.24) is 10.2 Å². The quantitative estimate of drug-likeness (QED) is 0.627. The van der Waals surface area contributed by atoms with Crippen molar-refractivity contribution in [1.29, 1.82) is 0 Å². The second kappa shape index (κ2) is 6.96. The van der Waals surface area contributed by atoms with Crippen LogP contribution in [0.5, 0.6) is 0 Å². The van der Waals surface area contributed by atoms with E-state index in [1.165, 1.54) is 47.9 Å². The molecule has 1 aliphatic carbocycles. The van der Waals surface area contributed by atoms with Crippen LogP contribution in [-0.4, -0.2) is 10.2 Å². The lowest BCUT2D eigenvalue weighted by Gasteiger charge is -2.19. The number of benzene rings is 2. The number of nitrogens with zero attached hydrogens (tertiary/aromatic N) is 2. The first-order valence-corrected chi connectivity index (χ1v) is 8.93. The Bertz CT molecular complexity index is 740. The monoisotopic (exact) mass is 314 g/mol. The van der Waals surface area contributed by atoms with Gasteiger partial charge in [-0.3, -0.25) is 0 Å². The highest BCUT2D eigenvalue weighted by atomic mass is 15.1. The Morgan fingerprint density at radius 1 is 0.500 bits per heavy atom. The van der Waals surface area contributed by atoms with E-state index >= 15 is 0 Å². The molecule has 0 radical (unpaired) electrons. The molecule has 0 aliphatic heterocycles. The maximum Gasteiger partial charge on any atom is 0.0964 e. The van der Waals surface area contributed by atoms with E-state index in [1.54, 1.807) is 0 Å². The molecule has 0 N–H and O–H groups in total. The molecule has 0 saturated carbocycles. The van der Waals surface area contributed by atoms with Gasteiger partial charge in [0.25, 0.3) is 0 Å². The van der Waals surface area contributed by atoms with Crippen LogP contribution in [0.4, 0.5) is 0 Å². The van der Waals surface area contributed by atoms with Gasteiger partial charge in [-0.25, -0.2) is 0 Å². The van der Waals surface area contributed by atoms with Crippen LogP contribution in [-0.2, 0) is 12.8 Å². The molecule has 0 fully saturated rings. The van der Waals surface area contributed by atoms with Gasteiger partial charge in [-0.15, -0.1) is 10.2 Å². The van der Waals surface area contributed by atoms with Crippen LogP contribution in [0.3, 0.4) is 0 Å². The zero-order valence-electron chi connectivity index (χ0n) is 13.9. The molecule has 120 valence electrons. The van der Waals surface area contributed by atoms with Crippen molar-refractivity contribution in [2.24, 2.45) is 0 Å². The van der Waals surface area contributed by atoms with Crippen LogP contribution in [0.2, 0.25) is 0 Å². The summed E-state index contributed by atoms with van der Waals surface area (Å²) in [7, 11) is 0. The summed E-state index contributed by atoms with van der Waals surface area (Å²) < 4.78 is 0. The molecule has 0 bridgehead atoms. The van der Waals surface area contributed by atoms with Gasteiger partial charge in [0.05, 0.1) is 11.4 Å². The predicted octanol–water partition coefficient (Wildman–Crippen LogP) is 5.47. The molecule has 1 heterocycles. The Hall–Kier alpha value is -2.48. The summed E-state index contributed by atoms with van der Waals surface area (Å²) in [6, 6.07) is 21.0. The fourth-order valence-corrected chi connectivity index (χ4v) is 3.66. The third-order valence-corrected chi connectivity index (χ3v) is 4.88. The smallest absolute Gasteiger partial charge is 0.0964 e. The van der Waals surface area contributed by atoms with Crippen LogP contribution in [0.15, 0.2) is 60.7 Å². The number of rotatable bonds is 2. The van der Waals surface area contributed by atoms with Crippen molar-refractivity contribution in [2.45, 2.75) is 38.5 Å². The Morgan fingerprint density at radius 2 is 0.917 bits per heavy atom. The van der Waals surface area contributed by atoms with Gasteiger partial charge in [0.15, 0.2) is 0 Å². The largest absolute Gasteiger partial charge is 0.150 e. The van der Waals surface area contributed by atoms with Gasteiger partial charge in [0, 0.05) is 11.1 Å². The van der Waals surface area contributed by atoms with E-state index in [0.29, 0.717) is 0 Å². The lowest BCUT2D eigenvalue weighted by atomic mass is 9.88. The standard InChI is InChI=1S/C22H22N2/c1-2-10-16-20-19(15-9-1)21(17-11-5-3-6-12-17)23-24-22(20)18-13-7-4-8-14-18/h3-8,11-14H,1-2,9-10,15-16H2. The van der Waals surface area contributed by atoms with E-state index in [-0.39, 0.29) is 0 Å². The zero-order valence-corrected chi connectivity index (χ0v) is 13.9. The number of fused-ring (bicyclic) bond motifs is 1. The van der Waals surface area contributed by atoms with Crippen molar-refractivity contribution >= 4 is 0 Å². The Balaban J connectivity index is 1.90. The molecule has 2 heteroatoms. The van der Waals surface area contributed by atoms with Gasteiger partial charge in [-0.2, -0.15) is 0 Å². The first-order valence-electron chi connectivity index (χ1n) is 8.93. The molecule has 4 rings (SSSR count). The Labute approximate surface area is 143 Å². The number of aromatic nitrogens is 2. The fraction of sp³-hybridized carbons (Fsp3) is 0.273. The zero-order chi connectivity index (χ0) is 16.2. The molecule has 0 unspecified atom stereocenters. The number of hydrogen-bond acceptors (Lipinski definition) is 2. The topological polar surface area (TPSA) is 25.8 Å². The van der Waals surface area contributed by atoms with Crippen LogP contribution < -0.4 is 0 Å². The molecule has 0 spiro atoms. The first kappa shape index (κ1) is 15.1. The van der Waals surface area contributed by atoms with Crippen molar-refractivity contribution in [3.8, 4) is 22.5 Å². The van der Waals surface area contributed by atoms with Gasteiger partial charge in [0.1, 0.15) is 0 Å². The summed E-state index contributed by atoms with van der Waals surface area (Å²) in [4.78, 5) is 0. The number of hydrogen-bond donors (Lipinski definition) is 0. The van der Waals surface area contributed by atoms with Gasteiger partial charge < -0.3 is 0 Å². The molecule has 0 atom stereocenters. The Morgan fingerprint density at radius 3 is 1.33 bits per heavy atom. The molecule has 0 amide bonds. The first-order chi connectivity index (χ1) is 11.9. The van der Waals surface area contributed by atoms with Crippen molar-refractivity contribution in [2.75, 3.05) is 0 Å². The minimum absolute atomic E-state index is 1.08. The van der Waals surface area contributed by atoms with Crippen LogP contribution >= 0.6 is 0 Å². The van der Waals surface area contributed by atoms with Crippen molar-refractivity contribution in [3.05, 3.63) is 71.8 Å². The summed E-state index contributed by atoms with van der Waals surface area (Å²) in [5.74, 6) is 0. The summed E-state index contributed by atoms with van der Waals surface area (Å²) in [5, 5.41) is 9.32. The SMILES string of the molecule is c1ccc(-c2nnc(-c3ccccc3)c3c2CCCCCC3)cc1. The molecule has 24 heavy (non-hydrogen) atoms. The van der Waals surface area contributed by atoms with E-state index in [1.807, 2.05) is 0 Å². The molecule has 3 aromatic rings. The highest BCUT2D eigenvalue weighted by Gasteiger charge is 2.19. The minimum atomic E-state index is 1.08. The molecular formula is C22H22N2. The molecule has 1 aromatic heterocycles. The van der Waals surface area contributed by atoms with Gasteiger partial charge in [0.2, 0.25) is 0 Å². The lowest BCUT2D eigenvalue weighted by molar-refractivity contribution is 0.614. The summed E-state index contributed by atoms with van der Waals surface area (Å²) in [5.41, 5.74) is 7.34. The molecule has 2 nitrogen and oxygen atoms in total.